The van der Waals surface area contributed by atoms with Crippen LogP contribution in [0.4, 0.5) is 30.2 Å². The predicted molar refractivity (Wildman–Crippen MR) is 73.1 cm³/mol. The number of anilines is 3. The minimum atomic E-state index is -4.35. The molecule has 0 saturated heterocycles. The van der Waals surface area contributed by atoms with Crippen LogP contribution < -0.4 is 10.6 Å². The van der Waals surface area contributed by atoms with Crippen molar-refractivity contribution in [2.75, 3.05) is 17.2 Å². The molecule has 0 bridgehead atoms. The number of aromatic nitrogens is 1. The molecule has 1 aromatic heterocycles. The lowest BCUT2D eigenvalue weighted by Gasteiger charge is -2.11. The summed E-state index contributed by atoms with van der Waals surface area (Å²) in [6, 6.07) is 6.84. The topological polar surface area (TPSA) is 37.0 Å². The molecule has 0 amide bonds. The number of rotatable bonds is 4. The first-order chi connectivity index (χ1) is 9.49. The van der Waals surface area contributed by atoms with Crippen LogP contribution in [0.1, 0.15) is 12.5 Å². The second-order valence-corrected chi connectivity index (χ2v) is 4.20. The Bertz CT molecular complexity index is 582. The average molecular weight is 281 g/mol. The standard InChI is InChI=1S/C14H14F3N3/c1-2-19-12-7-13(9-18-8-12)20-11-5-3-4-10(6-11)14(15,16)17/h3-9,19-20H,2H2,1H3. The van der Waals surface area contributed by atoms with Crippen LogP contribution in [0.15, 0.2) is 42.7 Å². The van der Waals surface area contributed by atoms with Crippen molar-refractivity contribution in [3.05, 3.63) is 48.3 Å². The van der Waals surface area contributed by atoms with Gasteiger partial charge in [0.05, 0.1) is 29.3 Å². The zero-order valence-corrected chi connectivity index (χ0v) is 10.8. The van der Waals surface area contributed by atoms with E-state index < -0.39 is 11.7 Å². The molecule has 0 aliphatic rings. The highest BCUT2D eigenvalue weighted by atomic mass is 19.4. The van der Waals surface area contributed by atoms with E-state index >= 15 is 0 Å². The maximum Gasteiger partial charge on any atom is 0.416 e. The third kappa shape index (κ3) is 3.63. The van der Waals surface area contributed by atoms with Gasteiger partial charge in [0, 0.05) is 12.2 Å². The Morgan fingerprint density at radius 3 is 2.50 bits per heavy atom. The summed E-state index contributed by atoms with van der Waals surface area (Å²) in [6.45, 7) is 2.70. The zero-order chi connectivity index (χ0) is 14.6. The predicted octanol–water partition coefficient (Wildman–Crippen LogP) is 4.28. The molecule has 2 rings (SSSR count). The van der Waals surface area contributed by atoms with Crippen molar-refractivity contribution < 1.29 is 13.2 Å². The average Bonchev–Trinajstić information content (AvgIpc) is 2.39. The van der Waals surface area contributed by atoms with Crippen molar-refractivity contribution in [3.8, 4) is 0 Å². The van der Waals surface area contributed by atoms with Crippen LogP contribution in [-0.2, 0) is 6.18 Å². The van der Waals surface area contributed by atoms with E-state index in [9.17, 15) is 13.2 Å². The molecule has 6 heteroatoms. The molecular weight excluding hydrogens is 267 g/mol. The summed E-state index contributed by atoms with van der Waals surface area (Å²) < 4.78 is 37.9. The molecule has 0 aliphatic carbocycles. The number of hydrogen-bond acceptors (Lipinski definition) is 3. The molecule has 0 unspecified atom stereocenters. The summed E-state index contributed by atoms with van der Waals surface area (Å²) in [7, 11) is 0. The largest absolute Gasteiger partial charge is 0.416 e. The van der Waals surface area contributed by atoms with Crippen molar-refractivity contribution in [1.29, 1.82) is 0 Å². The molecule has 0 aliphatic heterocycles. The Labute approximate surface area is 114 Å². The lowest BCUT2D eigenvalue weighted by molar-refractivity contribution is -0.137. The van der Waals surface area contributed by atoms with Crippen molar-refractivity contribution in [2.45, 2.75) is 13.1 Å². The molecule has 2 N–H and O–H groups in total. The zero-order valence-electron chi connectivity index (χ0n) is 10.8. The van der Waals surface area contributed by atoms with E-state index in [0.717, 1.165) is 24.4 Å². The Balaban J connectivity index is 2.19. The molecule has 0 spiro atoms. The third-order valence-electron chi connectivity index (χ3n) is 2.60. The van der Waals surface area contributed by atoms with Gasteiger partial charge in [-0.25, -0.2) is 0 Å². The Morgan fingerprint density at radius 2 is 1.80 bits per heavy atom. The Morgan fingerprint density at radius 1 is 1.05 bits per heavy atom. The van der Waals surface area contributed by atoms with Crippen molar-refractivity contribution in [3.63, 3.8) is 0 Å². The van der Waals surface area contributed by atoms with E-state index in [4.69, 9.17) is 0 Å². The fraction of sp³-hybridized carbons (Fsp3) is 0.214. The summed E-state index contributed by atoms with van der Waals surface area (Å²) in [6.07, 6.45) is -1.14. The maximum atomic E-state index is 12.6. The number of nitrogens with one attached hydrogen (secondary N) is 2. The highest BCUT2D eigenvalue weighted by Crippen LogP contribution is 2.31. The van der Waals surface area contributed by atoms with Gasteiger partial charge in [0.1, 0.15) is 0 Å². The molecule has 1 aromatic carbocycles. The minimum absolute atomic E-state index is 0.371. The van der Waals surface area contributed by atoms with E-state index in [0.29, 0.717) is 11.4 Å². The lowest BCUT2D eigenvalue weighted by Crippen LogP contribution is -2.05. The lowest BCUT2D eigenvalue weighted by atomic mass is 10.2. The van der Waals surface area contributed by atoms with Gasteiger partial charge in [-0.3, -0.25) is 4.98 Å². The van der Waals surface area contributed by atoms with Crippen LogP contribution in [0, 0.1) is 0 Å². The number of halogens is 3. The number of alkyl halides is 3. The fourth-order valence-electron chi connectivity index (χ4n) is 1.75. The molecule has 1 heterocycles. The summed E-state index contributed by atoms with van der Waals surface area (Å²) in [5.74, 6) is 0. The first-order valence-corrected chi connectivity index (χ1v) is 6.12. The van der Waals surface area contributed by atoms with Gasteiger partial charge in [0.25, 0.3) is 0 Å². The van der Waals surface area contributed by atoms with Crippen molar-refractivity contribution >= 4 is 17.1 Å². The summed E-state index contributed by atoms with van der Waals surface area (Å²) in [5, 5.41) is 6.00. The second kappa shape index (κ2) is 5.81. The maximum absolute atomic E-state index is 12.6. The van der Waals surface area contributed by atoms with Crippen molar-refractivity contribution in [1.82, 2.24) is 4.98 Å². The molecular formula is C14H14F3N3. The Hall–Kier alpha value is -2.24. The van der Waals surface area contributed by atoms with Gasteiger partial charge < -0.3 is 10.6 Å². The van der Waals surface area contributed by atoms with Gasteiger partial charge in [-0.05, 0) is 31.2 Å². The minimum Gasteiger partial charge on any atom is -0.384 e. The Kier molecular flexibility index (Phi) is 4.12. The van der Waals surface area contributed by atoms with Crippen LogP contribution in [0.5, 0.6) is 0 Å². The van der Waals surface area contributed by atoms with Gasteiger partial charge in [-0.1, -0.05) is 6.07 Å². The van der Waals surface area contributed by atoms with Gasteiger partial charge >= 0.3 is 6.18 Å². The molecule has 0 radical (unpaired) electrons. The fourth-order valence-corrected chi connectivity index (χ4v) is 1.75. The molecule has 2 aromatic rings. The van der Waals surface area contributed by atoms with Crippen LogP contribution in [-0.4, -0.2) is 11.5 Å². The molecule has 0 saturated carbocycles. The van der Waals surface area contributed by atoms with Crippen LogP contribution in [0.3, 0.4) is 0 Å². The second-order valence-electron chi connectivity index (χ2n) is 4.20. The molecule has 3 nitrogen and oxygen atoms in total. The van der Waals surface area contributed by atoms with Crippen molar-refractivity contribution in [2.24, 2.45) is 0 Å². The smallest absolute Gasteiger partial charge is 0.384 e. The number of benzene rings is 1. The highest BCUT2D eigenvalue weighted by Gasteiger charge is 2.30. The molecule has 0 atom stereocenters. The van der Waals surface area contributed by atoms with E-state index in [1.165, 1.54) is 6.07 Å². The third-order valence-corrected chi connectivity index (χ3v) is 2.60. The van der Waals surface area contributed by atoms with E-state index in [1.54, 1.807) is 24.5 Å². The quantitative estimate of drug-likeness (QED) is 0.878. The first-order valence-electron chi connectivity index (χ1n) is 6.12. The van der Waals surface area contributed by atoms with Gasteiger partial charge in [-0.2, -0.15) is 13.2 Å². The first kappa shape index (κ1) is 14.2. The van der Waals surface area contributed by atoms with E-state index in [-0.39, 0.29) is 0 Å². The van der Waals surface area contributed by atoms with Crippen LogP contribution in [0.2, 0.25) is 0 Å². The van der Waals surface area contributed by atoms with Gasteiger partial charge in [-0.15, -0.1) is 0 Å². The summed E-state index contributed by atoms with van der Waals surface area (Å²) in [5.41, 5.74) is 1.13. The summed E-state index contributed by atoms with van der Waals surface area (Å²) in [4.78, 5) is 4.02. The SMILES string of the molecule is CCNc1cncc(Nc2cccc(C(F)(F)F)c2)c1. The molecule has 0 fully saturated rings. The normalized spacial score (nSPS) is 11.2. The number of pyridine rings is 1. The number of hydrogen-bond donors (Lipinski definition) is 2. The molecule has 106 valence electrons. The van der Waals surface area contributed by atoms with E-state index in [1.807, 2.05) is 6.92 Å². The highest BCUT2D eigenvalue weighted by molar-refractivity contribution is 5.63. The number of nitrogens with zero attached hydrogens (tertiary/aromatic N) is 1. The van der Waals surface area contributed by atoms with Crippen LogP contribution >= 0.6 is 0 Å². The van der Waals surface area contributed by atoms with Gasteiger partial charge in [0.15, 0.2) is 0 Å². The summed E-state index contributed by atoms with van der Waals surface area (Å²) >= 11 is 0. The monoisotopic (exact) mass is 281 g/mol. The molecule has 20 heavy (non-hydrogen) atoms. The van der Waals surface area contributed by atoms with Gasteiger partial charge in [0.2, 0.25) is 0 Å². The van der Waals surface area contributed by atoms with E-state index in [2.05, 4.69) is 15.6 Å². The van der Waals surface area contributed by atoms with Crippen LogP contribution in [0.25, 0.3) is 0 Å².